The summed E-state index contributed by atoms with van der Waals surface area (Å²) in [5, 5.41) is 0. The zero-order chi connectivity index (χ0) is 19.1. The molecule has 1 saturated heterocycles. The number of carbonyl (C=O) groups is 1. The number of aromatic nitrogens is 2. The highest BCUT2D eigenvalue weighted by molar-refractivity contribution is 5.78. The zero-order valence-corrected chi connectivity index (χ0v) is 15.9. The van der Waals surface area contributed by atoms with Crippen molar-refractivity contribution >= 4 is 11.6 Å². The predicted molar refractivity (Wildman–Crippen MR) is 105 cm³/mol. The number of rotatable bonds is 4. The summed E-state index contributed by atoms with van der Waals surface area (Å²) in [5.41, 5.74) is 4.12. The summed E-state index contributed by atoms with van der Waals surface area (Å²) in [5.74, 6) is 1.59. The maximum absolute atomic E-state index is 13.0. The third-order valence-corrected chi connectivity index (χ3v) is 5.69. The molecule has 0 saturated carbocycles. The van der Waals surface area contributed by atoms with Gasteiger partial charge in [0.25, 0.3) is 0 Å². The van der Waals surface area contributed by atoms with E-state index in [1.807, 2.05) is 35.5 Å². The lowest BCUT2D eigenvalue weighted by atomic mass is 9.91. The first-order chi connectivity index (χ1) is 13.7. The van der Waals surface area contributed by atoms with E-state index in [0.717, 1.165) is 59.9 Å². The first-order valence-corrected chi connectivity index (χ1v) is 9.80. The van der Waals surface area contributed by atoms with E-state index < -0.39 is 0 Å². The van der Waals surface area contributed by atoms with Crippen LogP contribution in [0.15, 0.2) is 42.7 Å². The van der Waals surface area contributed by atoms with Gasteiger partial charge in [-0.15, -0.1) is 0 Å². The average molecular weight is 377 g/mol. The fraction of sp³-hybridized carbons (Fsp3) is 0.364. The van der Waals surface area contributed by atoms with Crippen LogP contribution in [-0.4, -0.2) is 40.1 Å². The molecule has 3 aromatic rings. The number of amides is 1. The van der Waals surface area contributed by atoms with Crippen LogP contribution in [0.4, 0.5) is 0 Å². The lowest BCUT2D eigenvalue weighted by molar-refractivity contribution is -0.130. The third kappa shape index (κ3) is 2.99. The van der Waals surface area contributed by atoms with E-state index in [-0.39, 0.29) is 18.6 Å². The van der Waals surface area contributed by atoms with Crippen LogP contribution in [-0.2, 0) is 4.79 Å². The third-order valence-electron chi connectivity index (χ3n) is 5.69. The lowest BCUT2D eigenvalue weighted by Gasteiger charge is -2.21. The molecule has 5 rings (SSSR count). The van der Waals surface area contributed by atoms with Gasteiger partial charge < -0.3 is 18.8 Å². The minimum absolute atomic E-state index is 0.0969. The summed E-state index contributed by atoms with van der Waals surface area (Å²) in [6, 6.07) is 10.1. The van der Waals surface area contributed by atoms with Crippen molar-refractivity contribution in [3.8, 4) is 11.5 Å². The minimum Gasteiger partial charge on any atom is -0.454 e. The molecule has 0 N–H and O–H groups in total. The summed E-state index contributed by atoms with van der Waals surface area (Å²) in [4.78, 5) is 19.6. The maximum Gasteiger partial charge on any atom is 0.231 e. The molecule has 0 spiro atoms. The number of benzene rings is 1. The number of imidazole rings is 1. The molecule has 144 valence electrons. The first kappa shape index (κ1) is 17.1. The molecule has 1 aromatic carbocycles. The summed E-state index contributed by atoms with van der Waals surface area (Å²) in [6.45, 7) is 4.02. The molecule has 2 aliphatic heterocycles. The summed E-state index contributed by atoms with van der Waals surface area (Å²) in [6.07, 6.45) is 6.53. The van der Waals surface area contributed by atoms with E-state index in [0.29, 0.717) is 6.42 Å². The number of pyridine rings is 1. The fourth-order valence-electron chi connectivity index (χ4n) is 4.15. The molecule has 0 radical (unpaired) electrons. The molecule has 2 aromatic heterocycles. The number of carbonyl (C=O) groups excluding carboxylic acids is 1. The van der Waals surface area contributed by atoms with Crippen molar-refractivity contribution in [2.45, 2.75) is 32.1 Å². The van der Waals surface area contributed by atoms with Gasteiger partial charge in [-0.3, -0.25) is 4.79 Å². The Kier molecular flexibility index (Phi) is 4.19. The van der Waals surface area contributed by atoms with Crippen molar-refractivity contribution in [2.24, 2.45) is 0 Å². The Morgan fingerprint density at radius 2 is 1.96 bits per heavy atom. The van der Waals surface area contributed by atoms with Gasteiger partial charge in [0, 0.05) is 37.8 Å². The van der Waals surface area contributed by atoms with Crippen LogP contribution in [0.2, 0.25) is 0 Å². The average Bonchev–Trinajstić information content (AvgIpc) is 3.45. The van der Waals surface area contributed by atoms with Gasteiger partial charge in [0.15, 0.2) is 11.5 Å². The standard InChI is InChI=1S/C22H23N3O3/c1-15-6-9-25-18(13-23-21(25)10-15)17(12-22(26)24-7-2-3-8-24)16-4-5-19-20(11-16)28-14-27-19/h4-6,9-11,13,17H,2-3,7-8,12,14H2,1H3/t17-/m0/s1. The number of likely N-dealkylation sites (tertiary alicyclic amines) is 1. The summed E-state index contributed by atoms with van der Waals surface area (Å²) in [7, 11) is 0. The minimum atomic E-state index is -0.0969. The van der Waals surface area contributed by atoms with Gasteiger partial charge in [0.1, 0.15) is 5.65 Å². The molecule has 6 nitrogen and oxygen atoms in total. The molecule has 1 amide bonds. The van der Waals surface area contributed by atoms with Crippen LogP contribution in [0, 0.1) is 6.92 Å². The Hall–Kier alpha value is -3.02. The number of hydrogen-bond acceptors (Lipinski definition) is 4. The predicted octanol–water partition coefficient (Wildman–Crippen LogP) is 3.52. The van der Waals surface area contributed by atoms with Crippen LogP contribution >= 0.6 is 0 Å². The quantitative estimate of drug-likeness (QED) is 0.698. The van der Waals surface area contributed by atoms with E-state index in [2.05, 4.69) is 28.4 Å². The second kappa shape index (κ2) is 6.86. The van der Waals surface area contributed by atoms with Crippen molar-refractivity contribution < 1.29 is 14.3 Å². The van der Waals surface area contributed by atoms with Gasteiger partial charge >= 0.3 is 0 Å². The van der Waals surface area contributed by atoms with E-state index >= 15 is 0 Å². The molecule has 6 heteroatoms. The first-order valence-electron chi connectivity index (χ1n) is 9.80. The molecule has 2 aliphatic rings. The highest BCUT2D eigenvalue weighted by atomic mass is 16.7. The van der Waals surface area contributed by atoms with Crippen LogP contribution in [0.25, 0.3) is 5.65 Å². The molecule has 0 bridgehead atoms. The van der Waals surface area contributed by atoms with Gasteiger partial charge in [0.05, 0.1) is 5.69 Å². The van der Waals surface area contributed by atoms with Crippen LogP contribution < -0.4 is 9.47 Å². The molecule has 1 fully saturated rings. The lowest BCUT2D eigenvalue weighted by Crippen LogP contribution is -2.29. The number of hydrogen-bond donors (Lipinski definition) is 0. The Balaban J connectivity index is 1.56. The van der Waals surface area contributed by atoms with E-state index in [4.69, 9.17) is 9.47 Å². The molecular weight excluding hydrogens is 354 g/mol. The number of fused-ring (bicyclic) bond motifs is 2. The van der Waals surface area contributed by atoms with Crippen LogP contribution in [0.1, 0.15) is 42.0 Å². The van der Waals surface area contributed by atoms with Crippen molar-refractivity contribution in [2.75, 3.05) is 19.9 Å². The summed E-state index contributed by atoms with van der Waals surface area (Å²) >= 11 is 0. The number of ether oxygens (including phenoxy) is 2. The Labute approximate surface area is 163 Å². The largest absolute Gasteiger partial charge is 0.454 e. The van der Waals surface area contributed by atoms with Gasteiger partial charge in [-0.2, -0.15) is 0 Å². The zero-order valence-electron chi connectivity index (χ0n) is 15.9. The van der Waals surface area contributed by atoms with E-state index in [9.17, 15) is 4.79 Å². The van der Waals surface area contributed by atoms with Crippen molar-refractivity contribution in [1.29, 1.82) is 0 Å². The Bertz CT molecular complexity index is 1040. The SMILES string of the molecule is Cc1ccn2c([C@@H](CC(=O)N3CCCC3)c3ccc4c(c3)OCO4)cnc2c1. The van der Waals surface area contributed by atoms with Gasteiger partial charge in [0.2, 0.25) is 12.7 Å². The van der Waals surface area contributed by atoms with Gasteiger partial charge in [-0.05, 0) is 55.2 Å². The fourth-order valence-corrected chi connectivity index (χ4v) is 4.15. The highest BCUT2D eigenvalue weighted by Crippen LogP contribution is 2.38. The molecule has 4 heterocycles. The molecular formula is C22H23N3O3. The Morgan fingerprint density at radius 3 is 2.82 bits per heavy atom. The Morgan fingerprint density at radius 1 is 1.14 bits per heavy atom. The summed E-state index contributed by atoms with van der Waals surface area (Å²) < 4.78 is 13.1. The number of aryl methyl sites for hydroxylation is 1. The normalized spacial score (nSPS) is 16.7. The van der Waals surface area contributed by atoms with Crippen molar-refractivity contribution in [3.05, 3.63) is 59.5 Å². The highest BCUT2D eigenvalue weighted by Gasteiger charge is 2.27. The van der Waals surface area contributed by atoms with Crippen molar-refractivity contribution in [3.63, 3.8) is 0 Å². The monoisotopic (exact) mass is 377 g/mol. The maximum atomic E-state index is 13.0. The molecule has 0 unspecified atom stereocenters. The van der Waals surface area contributed by atoms with E-state index in [1.165, 1.54) is 0 Å². The second-order valence-corrected chi connectivity index (χ2v) is 7.57. The molecule has 1 atom stereocenters. The van der Waals surface area contributed by atoms with Crippen molar-refractivity contribution in [1.82, 2.24) is 14.3 Å². The topological polar surface area (TPSA) is 56.1 Å². The second-order valence-electron chi connectivity index (χ2n) is 7.57. The number of nitrogens with zero attached hydrogens (tertiary/aromatic N) is 3. The van der Waals surface area contributed by atoms with Gasteiger partial charge in [-0.25, -0.2) is 4.98 Å². The van der Waals surface area contributed by atoms with E-state index in [1.54, 1.807) is 0 Å². The van der Waals surface area contributed by atoms with Crippen LogP contribution in [0.5, 0.6) is 11.5 Å². The smallest absolute Gasteiger partial charge is 0.231 e. The molecule has 0 aliphatic carbocycles. The van der Waals surface area contributed by atoms with Gasteiger partial charge in [-0.1, -0.05) is 6.07 Å². The van der Waals surface area contributed by atoms with Crippen LogP contribution in [0.3, 0.4) is 0 Å². The molecule has 28 heavy (non-hydrogen) atoms.